The summed E-state index contributed by atoms with van der Waals surface area (Å²) in [5.74, 6) is 0.0547. The van der Waals surface area contributed by atoms with Gasteiger partial charge < -0.3 is 0 Å². The summed E-state index contributed by atoms with van der Waals surface area (Å²) < 4.78 is 21.2. The van der Waals surface area contributed by atoms with Crippen molar-refractivity contribution in [1.29, 1.82) is 0 Å². The molecule has 0 amide bonds. The van der Waals surface area contributed by atoms with E-state index in [0.29, 0.717) is 0 Å². The van der Waals surface area contributed by atoms with E-state index < -0.39 is 10.7 Å². The van der Waals surface area contributed by atoms with Crippen LogP contribution < -0.4 is 0 Å². The molecule has 0 aliphatic heterocycles. The van der Waals surface area contributed by atoms with Gasteiger partial charge in [-0.15, -0.1) is 0 Å². The zero-order valence-electron chi connectivity index (χ0n) is 9.63. The highest BCUT2D eigenvalue weighted by atomic mass is 35.5. The van der Waals surface area contributed by atoms with E-state index in [1.54, 1.807) is 18.3 Å². The lowest BCUT2D eigenvalue weighted by Crippen LogP contribution is -1.92. The van der Waals surface area contributed by atoms with Gasteiger partial charge in [0.1, 0.15) is 10.7 Å². The number of aryl methyl sites for hydroxylation is 1. The summed E-state index contributed by atoms with van der Waals surface area (Å²) in [7, 11) is -2.40. The van der Waals surface area contributed by atoms with Crippen molar-refractivity contribution in [3.8, 4) is 11.3 Å². The molecule has 2 aromatic rings. The third-order valence-electron chi connectivity index (χ3n) is 2.48. The summed E-state index contributed by atoms with van der Waals surface area (Å²) in [6.45, 7) is 1.90. The Labute approximate surface area is 112 Å². The molecular formula is C12H11ClN2O2S. The van der Waals surface area contributed by atoms with E-state index in [1.165, 1.54) is 0 Å². The Morgan fingerprint density at radius 3 is 2.50 bits per heavy atom. The Morgan fingerprint density at radius 1 is 1.22 bits per heavy atom. The van der Waals surface area contributed by atoms with Crippen molar-refractivity contribution >= 4 is 22.3 Å². The Hall–Kier alpha value is -1.46. The van der Waals surface area contributed by atoms with Gasteiger partial charge in [-0.25, -0.2) is 18.4 Å². The molecule has 0 spiro atoms. The Kier molecular flexibility index (Phi) is 3.93. The standard InChI is InChI=1S/C12H11ClN2O2S/c1-8-6-14-12(13)15-11(8)10-4-2-9(3-5-10)7-18(16)17/h2-6,18H,7H2,1H3. The van der Waals surface area contributed by atoms with E-state index >= 15 is 0 Å². The van der Waals surface area contributed by atoms with Crippen LogP contribution in [0.25, 0.3) is 11.3 Å². The summed E-state index contributed by atoms with van der Waals surface area (Å²) >= 11 is 5.76. The number of aromatic nitrogens is 2. The van der Waals surface area contributed by atoms with E-state index in [9.17, 15) is 8.42 Å². The molecule has 0 unspecified atom stereocenters. The van der Waals surface area contributed by atoms with E-state index in [0.717, 1.165) is 22.4 Å². The summed E-state index contributed by atoms with van der Waals surface area (Å²) in [6.07, 6.45) is 1.66. The van der Waals surface area contributed by atoms with Gasteiger partial charge in [0, 0.05) is 11.8 Å². The molecule has 1 aromatic carbocycles. The predicted molar refractivity (Wildman–Crippen MR) is 71.2 cm³/mol. The van der Waals surface area contributed by atoms with Gasteiger partial charge >= 0.3 is 0 Å². The van der Waals surface area contributed by atoms with Crippen molar-refractivity contribution in [3.63, 3.8) is 0 Å². The minimum atomic E-state index is -2.40. The van der Waals surface area contributed by atoms with Crippen LogP contribution in [0.2, 0.25) is 5.28 Å². The maximum atomic E-state index is 10.6. The first kappa shape index (κ1) is 13.0. The molecule has 1 aromatic heterocycles. The molecule has 6 heteroatoms. The van der Waals surface area contributed by atoms with Crippen LogP contribution in [0, 0.1) is 6.92 Å². The van der Waals surface area contributed by atoms with Gasteiger partial charge in [0.05, 0.1) is 11.4 Å². The number of hydrogen-bond donors (Lipinski definition) is 1. The lowest BCUT2D eigenvalue weighted by atomic mass is 10.1. The number of benzene rings is 1. The fraction of sp³-hybridized carbons (Fsp3) is 0.167. The molecule has 4 nitrogen and oxygen atoms in total. The predicted octanol–water partition coefficient (Wildman–Crippen LogP) is 2.22. The van der Waals surface area contributed by atoms with Gasteiger partial charge in [0.15, 0.2) is 0 Å². The first-order valence-electron chi connectivity index (χ1n) is 5.26. The van der Waals surface area contributed by atoms with Crippen LogP contribution in [0.5, 0.6) is 0 Å². The molecule has 0 N–H and O–H groups in total. The molecule has 0 atom stereocenters. The Balaban J connectivity index is 2.37. The van der Waals surface area contributed by atoms with E-state index in [1.807, 2.05) is 19.1 Å². The van der Waals surface area contributed by atoms with Crippen LogP contribution in [-0.2, 0) is 16.5 Å². The smallest absolute Gasteiger partial charge is 0.222 e. The molecule has 1 heterocycles. The molecule has 0 radical (unpaired) electrons. The molecule has 18 heavy (non-hydrogen) atoms. The van der Waals surface area contributed by atoms with Crippen LogP contribution in [0.1, 0.15) is 11.1 Å². The van der Waals surface area contributed by atoms with Gasteiger partial charge in [-0.2, -0.15) is 0 Å². The Bertz CT molecular complexity index is 631. The van der Waals surface area contributed by atoms with Crippen molar-refractivity contribution in [2.24, 2.45) is 0 Å². The third-order valence-corrected chi connectivity index (χ3v) is 3.29. The van der Waals surface area contributed by atoms with Crippen molar-refractivity contribution in [1.82, 2.24) is 9.97 Å². The van der Waals surface area contributed by atoms with E-state index in [-0.39, 0.29) is 11.0 Å². The van der Waals surface area contributed by atoms with Crippen molar-refractivity contribution in [2.45, 2.75) is 12.7 Å². The number of rotatable bonds is 3. The maximum absolute atomic E-state index is 10.6. The Morgan fingerprint density at radius 2 is 1.89 bits per heavy atom. The SMILES string of the molecule is Cc1cnc(Cl)nc1-c1ccc(C[SH](=O)=O)cc1. The highest BCUT2D eigenvalue weighted by molar-refractivity contribution is 7.71. The molecular weight excluding hydrogens is 272 g/mol. The minimum absolute atomic E-state index is 0.0547. The summed E-state index contributed by atoms with van der Waals surface area (Å²) in [5.41, 5.74) is 3.32. The number of thiol groups is 1. The van der Waals surface area contributed by atoms with E-state index in [4.69, 9.17) is 11.6 Å². The molecule has 0 aliphatic rings. The number of hydrogen-bond acceptors (Lipinski definition) is 4. The largest absolute Gasteiger partial charge is 0.232 e. The molecule has 0 saturated heterocycles. The van der Waals surface area contributed by atoms with Crippen LogP contribution in [-0.4, -0.2) is 18.4 Å². The zero-order chi connectivity index (χ0) is 13.1. The fourth-order valence-corrected chi connectivity index (χ4v) is 2.27. The first-order chi connectivity index (χ1) is 8.56. The van der Waals surface area contributed by atoms with Gasteiger partial charge in [0.2, 0.25) is 5.28 Å². The van der Waals surface area contributed by atoms with Crippen LogP contribution >= 0.6 is 11.6 Å². The van der Waals surface area contributed by atoms with Gasteiger partial charge in [0.25, 0.3) is 0 Å². The van der Waals surface area contributed by atoms with Crippen molar-refractivity contribution in [2.75, 3.05) is 0 Å². The molecule has 0 saturated carbocycles. The second kappa shape index (κ2) is 5.46. The van der Waals surface area contributed by atoms with Crippen molar-refractivity contribution < 1.29 is 8.42 Å². The van der Waals surface area contributed by atoms with Gasteiger partial charge in [-0.05, 0) is 29.7 Å². The average Bonchev–Trinajstić information content (AvgIpc) is 2.33. The maximum Gasteiger partial charge on any atom is 0.222 e. The number of nitrogens with zero attached hydrogens (tertiary/aromatic N) is 2. The zero-order valence-corrected chi connectivity index (χ0v) is 11.3. The summed E-state index contributed by atoms with van der Waals surface area (Å²) in [6, 6.07) is 7.21. The topological polar surface area (TPSA) is 59.9 Å². The van der Waals surface area contributed by atoms with Crippen LogP contribution in [0.4, 0.5) is 0 Å². The summed E-state index contributed by atoms with van der Waals surface area (Å²) in [4.78, 5) is 8.06. The van der Waals surface area contributed by atoms with Crippen molar-refractivity contribution in [3.05, 3.63) is 46.9 Å². The fourth-order valence-electron chi connectivity index (χ4n) is 1.63. The van der Waals surface area contributed by atoms with Crippen LogP contribution in [0.3, 0.4) is 0 Å². The minimum Gasteiger partial charge on any atom is -0.232 e. The second-order valence-corrected chi connectivity index (χ2v) is 5.18. The normalized spacial score (nSPS) is 10.8. The van der Waals surface area contributed by atoms with Gasteiger partial charge in [-0.1, -0.05) is 24.3 Å². The first-order valence-corrected chi connectivity index (χ1v) is 7.00. The molecule has 2 rings (SSSR count). The lowest BCUT2D eigenvalue weighted by Gasteiger charge is -2.05. The lowest BCUT2D eigenvalue weighted by molar-refractivity contribution is 0.614. The second-order valence-electron chi connectivity index (χ2n) is 3.86. The monoisotopic (exact) mass is 282 g/mol. The number of halogens is 1. The highest BCUT2D eigenvalue weighted by Gasteiger charge is 2.05. The molecule has 0 bridgehead atoms. The highest BCUT2D eigenvalue weighted by Crippen LogP contribution is 2.22. The third kappa shape index (κ3) is 3.05. The van der Waals surface area contributed by atoms with Gasteiger partial charge in [-0.3, -0.25) is 0 Å². The quantitative estimate of drug-likeness (QED) is 0.693. The summed E-state index contributed by atoms with van der Waals surface area (Å²) in [5, 5.41) is 0.197. The molecule has 94 valence electrons. The van der Waals surface area contributed by atoms with Crippen LogP contribution in [0.15, 0.2) is 30.5 Å². The molecule has 0 fully saturated rings. The average molecular weight is 283 g/mol. The van der Waals surface area contributed by atoms with E-state index in [2.05, 4.69) is 9.97 Å². The molecule has 0 aliphatic carbocycles.